The van der Waals surface area contributed by atoms with Crippen molar-refractivity contribution in [1.29, 1.82) is 0 Å². The lowest BCUT2D eigenvalue weighted by atomic mass is 10.1. The van der Waals surface area contributed by atoms with E-state index in [1.807, 2.05) is 6.07 Å². The molecule has 0 aliphatic rings. The highest BCUT2D eigenvalue weighted by atomic mass is 19.1. The third kappa shape index (κ3) is 4.13. The van der Waals surface area contributed by atoms with E-state index in [1.165, 1.54) is 18.2 Å². The van der Waals surface area contributed by atoms with Crippen molar-refractivity contribution in [1.82, 2.24) is 5.32 Å². The summed E-state index contributed by atoms with van der Waals surface area (Å²) < 4.78 is 13.8. The van der Waals surface area contributed by atoms with Gasteiger partial charge in [-0.25, -0.2) is 4.39 Å². The minimum Gasteiger partial charge on any atom is -0.336 e. The normalized spacial score (nSPS) is 11.4. The number of para-hydroxylation sites is 1. The summed E-state index contributed by atoms with van der Waals surface area (Å²) >= 11 is 0. The number of halogens is 1. The molecule has 2 amide bonds. The van der Waals surface area contributed by atoms with Gasteiger partial charge in [0.15, 0.2) is 0 Å². The highest BCUT2D eigenvalue weighted by Gasteiger charge is 2.24. The van der Waals surface area contributed by atoms with Gasteiger partial charge >= 0.3 is 0 Å². The Morgan fingerprint density at radius 3 is 2.00 bits per heavy atom. The van der Waals surface area contributed by atoms with Crippen molar-refractivity contribution in [3.63, 3.8) is 0 Å². The molecule has 0 aliphatic heterocycles. The van der Waals surface area contributed by atoms with Gasteiger partial charge in [-0.3, -0.25) is 9.59 Å². The van der Waals surface area contributed by atoms with Crippen LogP contribution in [0, 0.1) is 5.82 Å². The molecular weight excluding hydrogens is 331 g/mol. The molecule has 0 fully saturated rings. The molecule has 0 aromatic heterocycles. The summed E-state index contributed by atoms with van der Waals surface area (Å²) in [7, 11) is 0. The number of nitrogens with one attached hydrogen (secondary N) is 2. The van der Waals surface area contributed by atoms with E-state index in [4.69, 9.17) is 0 Å². The first-order valence-corrected chi connectivity index (χ1v) is 8.11. The second-order valence-corrected chi connectivity index (χ2v) is 5.65. The van der Waals surface area contributed by atoms with E-state index in [0.717, 1.165) is 0 Å². The average molecular weight is 348 g/mol. The quantitative estimate of drug-likeness (QED) is 0.734. The molecule has 0 spiro atoms. The molecule has 130 valence electrons. The van der Waals surface area contributed by atoms with Gasteiger partial charge in [0, 0.05) is 5.56 Å². The Labute approximate surface area is 150 Å². The first kappa shape index (κ1) is 17.4. The number of anilines is 1. The van der Waals surface area contributed by atoms with E-state index in [2.05, 4.69) is 10.6 Å². The molecule has 0 bridgehead atoms. The summed E-state index contributed by atoms with van der Waals surface area (Å²) in [4.78, 5) is 25.2. The molecule has 0 saturated carbocycles. The monoisotopic (exact) mass is 348 g/mol. The maximum absolute atomic E-state index is 13.8. The standard InChI is InChI=1S/C21H17FN2O2/c22-17-13-7-8-14-18(17)23-21(26)19(15-9-3-1-4-10-15)24-20(25)16-11-5-2-6-12-16/h1-14,19H,(H,23,26)(H,24,25). The number of hydrogen-bond acceptors (Lipinski definition) is 2. The van der Waals surface area contributed by atoms with Gasteiger partial charge in [-0.2, -0.15) is 0 Å². The summed E-state index contributed by atoms with van der Waals surface area (Å²) in [6.07, 6.45) is 0. The van der Waals surface area contributed by atoms with Crippen LogP contribution in [-0.2, 0) is 4.79 Å². The molecular formula is C21H17FN2O2. The summed E-state index contributed by atoms with van der Waals surface area (Å²) in [5.74, 6) is -1.45. The molecule has 3 aromatic carbocycles. The van der Waals surface area contributed by atoms with Gasteiger partial charge in [-0.05, 0) is 29.8 Å². The zero-order valence-corrected chi connectivity index (χ0v) is 13.9. The topological polar surface area (TPSA) is 58.2 Å². The number of amides is 2. The molecule has 3 rings (SSSR count). The molecule has 0 aliphatic carbocycles. The zero-order chi connectivity index (χ0) is 18.4. The minimum absolute atomic E-state index is 0.0624. The van der Waals surface area contributed by atoms with Crippen LogP contribution in [0.4, 0.5) is 10.1 Å². The molecule has 1 unspecified atom stereocenters. The van der Waals surface area contributed by atoms with Crippen LogP contribution in [0.3, 0.4) is 0 Å². The highest BCUT2D eigenvalue weighted by Crippen LogP contribution is 2.19. The van der Waals surface area contributed by atoms with Crippen molar-refractivity contribution in [2.24, 2.45) is 0 Å². The van der Waals surface area contributed by atoms with E-state index in [9.17, 15) is 14.0 Å². The van der Waals surface area contributed by atoms with Gasteiger partial charge < -0.3 is 10.6 Å². The largest absolute Gasteiger partial charge is 0.336 e. The molecule has 0 radical (unpaired) electrons. The van der Waals surface area contributed by atoms with Gasteiger partial charge in [0.05, 0.1) is 5.69 Å². The number of hydrogen-bond donors (Lipinski definition) is 2. The first-order chi connectivity index (χ1) is 12.6. The predicted octanol–water partition coefficient (Wildman–Crippen LogP) is 3.94. The van der Waals surface area contributed by atoms with Crippen molar-refractivity contribution >= 4 is 17.5 Å². The Bertz CT molecular complexity index is 898. The van der Waals surface area contributed by atoms with E-state index in [1.54, 1.807) is 60.7 Å². The van der Waals surface area contributed by atoms with Gasteiger partial charge in [0.1, 0.15) is 11.9 Å². The molecule has 4 nitrogen and oxygen atoms in total. The maximum atomic E-state index is 13.8. The first-order valence-electron chi connectivity index (χ1n) is 8.11. The number of rotatable bonds is 5. The smallest absolute Gasteiger partial charge is 0.252 e. The van der Waals surface area contributed by atoms with Crippen LogP contribution in [-0.4, -0.2) is 11.8 Å². The second-order valence-electron chi connectivity index (χ2n) is 5.65. The van der Waals surface area contributed by atoms with Gasteiger partial charge in [-0.1, -0.05) is 60.7 Å². The molecule has 3 aromatic rings. The number of benzene rings is 3. The van der Waals surface area contributed by atoms with E-state index in [0.29, 0.717) is 11.1 Å². The fourth-order valence-corrected chi connectivity index (χ4v) is 2.52. The average Bonchev–Trinajstić information content (AvgIpc) is 2.69. The molecule has 0 heterocycles. The third-order valence-electron chi connectivity index (χ3n) is 3.84. The maximum Gasteiger partial charge on any atom is 0.252 e. The van der Waals surface area contributed by atoms with Crippen molar-refractivity contribution in [2.75, 3.05) is 5.32 Å². The van der Waals surface area contributed by atoms with Crippen molar-refractivity contribution in [3.8, 4) is 0 Å². The van der Waals surface area contributed by atoms with Crippen LogP contribution in [0.2, 0.25) is 0 Å². The molecule has 5 heteroatoms. The van der Waals surface area contributed by atoms with Gasteiger partial charge in [0.25, 0.3) is 11.8 Å². The number of carbonyl (C=O) groups is 2. The SMILES string of the molecule is O=C(NC(C(=O)Nc1ccccc1F)c1ccccc1)c1ccccc1. The Balaban J connectivity index is 1.85. The second kappa shape index (κ2) is 8.07. The van der Waals surface area contributed by atoms with Crippen LogP contribution in [0.25, 0.3) is 0 Å². The Morgan fingerprint density at radius 1 is 0.769 bits per heavy atom. The van der Waals surface area contributed by atoms with Crippen molar-refractivity contribution < 1.29 is 14.0 Å². The lowest BCUT2D eigenvalue weighted by Crippen LogP contribution is -2.37. The van der Waals surface area contributed by atoms with E-state index < -0.39 is 17.8 Å². The lowest BCUT2D eigenvalue weighted by Gasteiger charge is -2.19. The summed E-state index contributed by atoms with van der Waals surface area (Å²) in [5, 5.41) is 5.25. The van der Waals surface area contributed by atoms with E-state index in [-0.39, 0.29) is 11.6 Å². The predicted molar refractivity (Wildman–Crippen MR) is 98.1 cm³/mol. The highest BCUT2D eigenvalue weighted by molar-refractivity contribution is 6.01. The number of carbonyl (C=O) groups excluding carboxylic acids is 2. The molecule has 2 N–H and O–H groups in total. The van der Waals surface area contributed by atoms with Crippen LogP contribution in [0.5, 0.6) is 0 Å². The summed E-state index contributed by atoms with van der Waals surface area (Å²) in [6, 6.07) is 22.4. The van der Waals surface area contributed by atoms with Gasteiger partial charge in [-0.15, -0.1) is 0 Å². The van der Waals surface area contributed by atoms with Crippen LogP contribution in [0.15, 0.2) is 84.9 Å². The third-order valence-corrected chi connectivity index (χ3v) is 3.84. The van der Waals surface area contributed by atoms with Crippen LogP contribution in [0.1, 0.15) is 22.0 Å². The van der Waals surface area contributed by atoms with Gasteiger partial charge in [0.2, 0.25) is 0 Å². The molecule has 26 heavy (non-hydrogen) atoms. The zero-order valence-electron chi connectivity index (χ0n) is 13.9. The fourth-order valence-electron chi connectivity index (χ4n) is 2.52. The Morgan fingerprint density at radius 2 is 1.35 bits per heavy atom. The van der Waals surface area contributed by atoms with E-state index >= 15 is 0 Å². The summed E-state index contributed by atoms with van der Waals surface area (Å²) in [5.41, 5.74) is 1.10. The molecule has 1 atom stereocenters. The Hall–Kier alpha value is -3.47. The Kier molecular flexibility index (Phi) is 5.39. The van der Waals surface area contributed by atoms with Crippen molar-refractivity contribution in [3.05, 3.63) is 102 Å². The van der Waals surface area contributed by atoms with Crippen LogP contribution >= 0.6 is 0 Å². The fraction of sp³-hybridized carbons (Fsp3) is 0.0476. The molecule has 0 saturated heterocycles. The lowest BCUT2D eigenvalue weighted by molar-refractivity contribution is -0.118. The van der Waals surface area contributed by atoms with Crippen LogP contribution < -0.4 is 10.6 Å². The van der Waals surface area contributed by atoms with Crippen molar-refractivity contribution in [2.45, 2.75) is 6.04 Å². The minimum atomic E-state index is -0.955. The summed E-state index contributed by atoms with van der Waals surface area (Å²) in [6.45, 7) is 0.